The Morgan fingerprint density at radius 1 is 1.39 bits per heavy atom. The van der Waals surface area contributed by atoms with Crippen molar-refractivity contribution in [3.8, 4) is 5.75 Å². The van der Waals surface area contributed by atoms with Crippen LogP contribution in [0.1, 0.15) is 15.2 Å². The fourth-order valence-electron chi connectivity index (χ4n) is 1.51. The quantitative estimate of drug-likeness (QED) is 0.813. The predicted octanol–water partition coefficient (Wildman–Crippen LogP) is 3.67. The molecule has 0 spiro atoms. The molecule has 0 aliphatic heterocycles. The number of aromatic carboxylic acids is 1. The molecule has 0 aliphatic rings. The van der Waals surface area contributed by atoms with Crippen LogP contribution in [0.25, 0.3) is 0 Å². The summed E-state index contributed by atoms with van der Waals surface area (Å²) in [5.74, 6) is -0.529. The molecule has 3 nitrogen and oxygen atoms in total. The third-order valence-electron chi connectivity index (χ3n) is 2.36. The van der Waals surface area contributed by atoms with Crippen molar-refractivity contribution >= 4 is 39.9 Å². The standard InChI is InChI=1S/C13H11IO3S/c14-9-3-4-12(11(8-9)13(15)16)17-6-5-10-2-1-7-18-10/h1-4,7-8H,5-6H2,(H,15,16). The first-order valence-electron chi connectivity index (χ1n) is 5.35. The number of carbonyl (C=O) groups is 1. The number of rotatable bonds is 5. The van der Waals surface area contributed by atoms with E-state index in [1.54, 1.807) is 23.5 Å². The molecule has 0 bridgehead atoms. The van der Waals surface area contributed by atoms with Gasteiger partial charge in [0.1, 0.15) is 11.3 Å². The van der Waals surface area contributed by atoms with Gasteiger partial charge in [0.15, 0.2) is 0 Å². The maximum Gasteiger partial charge on any atom is 0.339 e. The molecule has 1 heterocycles. The second-order valence-corrected chi connectivity index (χ2v) is 5.90. The Morgan fingerprint density at radius 3 is 2.89 bits per heavy atom. The van der Waals surface area contributed by atoms with Crippen LogP contribution < -0.4 is 4.74 Å². The molecule has 0 fully saturated rings. The van der Waals surface area contributed by atoms with Crippen molar-refractivity contribution in [2.75, 3.05) is 6.61 Å². The second kappa shape index (κ2) is 6.19. The highest BCUT2D eigenvalue weighted by Gasteiger charge is 2.11. The minimum atomic E-state index is -0.959. The SMILES string of the molecule is O=C(O)c1cc(I)ccc1OCCc1cccs1. The van der Waals surface area contributed by atoms with E-state index in [4.69, 9.17) is 9.84 Å². The molecule has 1 N–H and O–H groups in total. The Kier molecular flexibility index (Phi) is 4.60. The molecule has 1 aromatic carbocycles. The number of ether oxygens (including phenoxy) is 1. The number of thiophene rings is 1. The molecule has 0 atom stereocenters. The van der Waals surface area contributed by atoms with Crippen LogP contribution in [0, 0.1) is 3.57 Å². The van der Waals surface area contributed by atoms with Crippen LogP contribution in [-0.2, 0) is 6.42 Å². The zero-order valence-electron chi connectivity index (χ0n) is 9.43. The second-order valence-electron chi connectivity index (χ2n) is 3.62. The van der Waals surface area contributed by atoms with Crippen molar-refractivity contribution in [3.63, 3.8) is 0 Å². The monoisotopic (exact) mass is 374 g/mol. The summed E-state index contributed by atoms with van der Waals surface area (Å²) in [5.41, 5.74) is 0.216. The average molecular weight is 374 g/mol. The summed E-state index contributed by atoms with van der Waals surface area (Å²) in [4.78, 5) is 12.3. The number of carboxylic acids is 1. The van der Waals surface area contributed by atoms with Gasteiger partial charge in [-0.2, -0.15) is 0 Å². The number of benzene rings is 1. The number of hydrogen-bond donors (Lipinski definition) is 1. The van der Waals surface area contributed by atoms with E-state index in [-0.39, 0.29) is 5.56 Å². The zero-order valence-corrected chi connectivity index (χ0v) is 12.4. The van der Waals surface area contributed by atoms with Gasteiger partial charge in [0.25, 0.3) is 0 Å². The average Bonchev–Trinajstić information content (AvgIpc) is 2.84. The Morgan fingerprint density at radius 2 is 2.22 bits per heavy atom. The highest BCUT2D eigenvalue weighted by atomic mass is 127. The summed E-state index contributed by atoms with van der Waals surface area (Å²) < 4.78 is 6.43. The molecule has 0 amide bonds. The van der Waals surface area contributed by atoms with Crippen LogP contribution >= 0.6 is 33.9 Å². The highest BCUT2D eigenvalue weighted by Crippen LogP contribution is 2.21. The molecule has 5 heteroatoms. The molecule has 0 aliphatic carbocycles. The Labute approximate surface area is 123 Å². The minimum Gasteiger partial charge on any atom is -0.492 e. The molecule has 0 unspecified atom stereocenters. The van der Waals surface area contributed by atoms with Crippen LogP contribution in [0.2, 0.25) is 0 Å². The van der Waals surface area contributed by atoms with Gasteiger partial charge in [-0.15, -0.1) is 11.3 Å². The van der Waals surface area contributed by atoms with Crippen molar-refractivity contribution in [1.29, 1.82) is 0 Å². The minimum absolute atomic E-state index is 0.216. The van der Waals surface area contributed by atoms with E-state index in [1.165, 1.54) is 4.88 Å². The normalized spacial score (nSPS) is 10.3. The molecule has 2 rings (SSSR count). The van der Waals surface area contributed by atoms with Gasteiger partial charge < -0.3 is 9.84 Å². The number of hydrogen-bond acceptors (Lipinski definition) is 3. The summed E-state index contributed by atoms with van der Waals surface area (Å²) in [5, 5.41) is 11.1. The van der Waals surface area contributed by atoms with Crippen molar-refractivity contribution < 1.29 is 14.6 Å². The largest absolute Gasteiger partial charge is 0.492 e. The van der Waals surface area contributed by atoms with Gasteiger partial charge in [-0.05, 0) is 52.2 Å². The van der Waals surface area contributed by atoms with Crippen molar-refractivity contribution in [1.82, 2.24) is 0 Å². The van der Waals surface area contributed by atoms with Crippen LogP contribution in [0.5, 0.6) is 5.75 Å². The molecule has 18 heavy (non-hydrogen) atoms. The summed E-state index contributed by atoms with van der Waals surface area (Å²) in [7, 11) is 0. The summed E-state index contributed by atoms with van der Waals surface area (Å²) in [6.45, 7) is 0.487. The van der Waals surface area contributed by atoms with E-state index >= 15 is 0 Å². The predicted molar refractivity (Wildman–Crippen MR) is 79.6 cm³/mol. The molecule has 2 aromatic rings. The molecule has 0 radical (unpaired) electrons. The smallest absolute Gasteiger partial charge is 0.339 e. The lowest BCUT2D eigenvalue weighted by Gasteiger charge is -2.08. The molecule has 94 valence electrons. The maximum absolute atomic E-state index is 11.1. The highest BCUT2D eigenvalue weighted by molar-refractivity contribution is 14.1. The van der Waals surface area contributed by atoms with Crippen LogP contribution in [0.15, 0.2) is 35.7 Å². The van der Waals surface area contributed by atoms with Crippen molar-refractivity contribution in [2.45, 2.75) is 6.42 Å². The van der Waals surface area contributed by atoms with Crippen LogP contribution in [0.3, 0.4) is 0 Å². The summed E-state index contributed by atoms with van der Waals surface area (Å²) >= 11 is 3.76. The van der Waals surface area contributed by atoms with Gasteiger partial charge in [-0.25, -0.2) is 4.79 Å². The van der Waals surface area contributed by atoms with Crippen molar-refractivity contribution in [2.24, 2.45) is 0 Å². The Balaban J connectivity index is 2.02. The fraction of sp³-hybridized carbons (Fsp3) is 0.154. The van der Waals surface area contributed by atoms with Gasteiger partial charge in [0.2, 0.25) is 0 Å². The van der Waals surface area contributed by atoms with E-state index in [2.05, 4.69) is 22.6 Å². The third-order valence-corrected chi connectivity index (χ3v) is 3.97. The van der Waals surface area contributed by atoms with Crippen molar-refractivity contribution in [3.05, 3.63) is 49.7 Å². The Bertz CT molecular complexity index is 537. The van der Waals surface area contributed by atoms with Crippen LogP contribution in [0.4, 0.5) is 0 Å². The molecular weight excluding hydrogens is 363 g/mol. The van der Waals surface area contributed by atoms with Gasteiger partial charge in [-0.3, -0.25) is 0 Å². The first-order chi connectivity index (χ1) is 8.66. The summed E-state index contributed by atoms with van der Waals surface area (Å²) in [6.07, 6.45) is 0.794. The van der Waals surface area contributed by atoms with Crippen LogP contribution in [-0.4, -0.2) is 17.7 Å². The first-order valence-corrected chi connectivity index (χ1v) is 7.30. The maximum atomic E-state index is 11.1. The lowest BCUT2D eigenvalue weighted by atomic mass is 10.2. The number of carboxylic acid groups (broad SMARTS) is 1. The molecular formula is C13H11IO3S. The van der Waals surface area contributed by atoms with Gasteiger partial charge >= 0.3 is 5.97 Å². The van der Waals surface area contributed by atoms with E-state index in [0.717, 1.165) is 9.99 Å². The molecule has 0 saturated heterocycles. The Hall–Kier alpha value is -1.08. The van der Waals surface area contributed by atoms with Gasteiger partial charge in [-0.1, -0.05) is 6.07 Å². The number of halogens is 1. The van der Waals surface area contributed by atoms with E-state index in [9.17, 15) is 4.79 Å². The third kappa shape index (κ3) is 3.46. The van der Waals surface area contributed by atoms with Gasteiger partial charge in [0.05, 0.1) is 6.61 Å². The first kappa shape index (κ1) is 13.4. The molecule has 1 aromatic heterocycles. The topological polar surface area (TPSA) is 46.5 Å². The van der Waals surface area contributed by atoms with Gasteiger partial charge in [0, 0.05) is 14.9 Å². The lowest BCUT2D eigenvalue weighted by molar-refractivity contribution is 0.0692. The summed E-state index contributed by atoms with van der Waals surface area (Å²) in [6, 6.07) is 9.20. The zero-order chi connectivity index (χ0) is 13.0. The molecule has 0 saturated carbocycles. The van der Waals surface area contributed by atoms with E-state index in [0.29, 0.717) is 12.4 Å². The lowest BCUT2D eigenvalue weighted by Crippen LogP contribution is -2.06. The van der Waals surface area contributed by atoms with E-state index in [1.807, 2.05) is 23.6 Å². The van der Waals surface area contributed by atoms with E-state index < -0.39 is 5.97 Å². The fourth-order valence-corrected chi connectivity index (χ4v) is 2.69.